The van der Waals surface area contributed by atoms with Crippen molar-refractivity contribution in [3.05, 3.63) is 29.8 Å². The number of aryl methyl sites for hydroxylation is 1. The number of benzene rings is 1. The molecule has 0 radical (unpaired) electrons. The molecule has 6 nitrogen and oxygen atoms in total. The van der Waals surface area contributed by atoms with E-state index in [-0.39, 0.29) is 24.6 Å². The predicted molar refractivity (Wildman–Crippen MR) is 67.7 cm³/mol. The first-order valence-corrected chi connectivity index (χ1v) is 5.82. The number of amides is 1. The summed E-state index contributed by atoms with van der Waals surface area (Å²) in [6.07, 6.45) is 0.445. The third-order valence-electron chi connectivity index (χ3n) is 2.70. The van der Waals surface area contributed by atoms with E-state index >= 15 is 0 Å². The van der Waals surface area contributed by atoms with Crippen molar-refractivity contribution in [2.45, 2.75) is 25.4 Å². The second-order valence-electron chi connectivity index (χ2n) is 4.48. The van der Waals surface area contributed by atoms with Crippen LogP contribution in [0.2, 0.25) is 0 Å². The molecule has 4 N–H and O–H groups in total. The van der Waals surface area contributed by atoms with Crippen LogP contribution in [0.15, 0.2) is 24.3 Å². The number of aromatic hydroxyl groups is 1. The number of aliphatic carboxylic acids is 1. The molecule has 1 amide bonds. The van der Waals surface area contributed by atoms with Crippen LogP contribution in [0.1, 0.15) is 18.9 Å². The number of rotatable bonds is 6. The van der Waals surface area contributed by atoms with Gasteiger partial charge in [0.15, 0.2) is 5.60 Å². The van der Waals surface area contributed by atoms with Gasteiger partial charge in [0.1, 0.15) is 5.75 Å². The first kappa shape index (κ1) is 15.0. The number of carbonyl (C=O) groups is 2. The van der Waals surface area contributed by atoms with Gasteiger partial charge in [-0.15, -0.1) is 0 Å². The average molecular weight is 267 g/mol. The van der Waals surface area contributed by atoms with E-state index in [1.54, 1.807) is 18.2 Å². The van der Waals surface area contributed by atoms with E-state index < -0.39 is 11.6 Å². The lowest BCUT2D eigenvalue weighted by molar-refractivity contribution is -0.156. The Morgan fingerprint density at radius 2 is 1.95 bits per heavy atom. The van der Waals surface area contributed by atoms with Crippen LogP contribution in [-0.2, 0) is 16.0 Å². The van der Waals surface area contributed by atoms with Crippen molar-refractivity contribution in [2.24, 2.45) is 0 Å². The summed E-state index contributed by atoms with van der Waals surface area (Å²) in [6, 6.07) is 6.67. The Balaban J connectivity index is 2.41. The van der Waals surface area contributed by atoms with Gasteiger partial charge in [-0.2, -0.15) is 0 Å². The summed E-state index contributed by atoms with van der Waals surface area (Å²) in [4.78, 5) is 22.1. The molecule has 1 rings (SSSR count). The van der Waals surface area contributed by atoms with E-state index in [1.807, 2.05) is 0 Å². The fourth-order valence-corrected chi connectivity index (χ4v) is 1.41. The van der Waals surface area contributed by atoms with Crippen LogP contribution in [-0.4, -0.2) is 39.3 Å². The first-order chi connectivity index (χ1) is 8.83. The van der Waals surface area contributed by atoms with Gasteiger partial charge in [-0.1, -0.05) is 18.2 Å². The molecule has 0 bridgehead atoms. The van der Waals surface area contributed by atoms with Crippen LogP contribution >= 0.6 is 0 Å². The number of carbonyl (C=O) groups excluding carboxylic acids is 1. The number of carboxylic acids is 1. The number of para-hydroxylation sites is 1. The standard InChI is InChI=1S/C13H17NO5/c1-13(19,12(17)18)8-14-11(16)7-6-9-4-2-3-5-10(9)15/h2-5,15,19H,6-8H2,1H3,(H,14,16)(H,17,18). The highest BCUT2D eigenvalue weighted by molar-refractivity contribution is 5.80. The zero-order valence-corrected chi connectivity index (χ0v) is 10.6. The number of hydrogen-bond acceptors (Lipinski definition) is 4. The van der Waals surface area contributed by atoms with Crippen LogP contribution in [0.4, 0.5) is 0 Å². The molecule has 104 valence electrons. The Labute approximate surface area is 110 Å². The van der Waals surface area contributed by atoms with E-state index in [9.17, 15) is 19.8 Å². The van der Waals surface area contributed by atoms with Gasteiger partial charge < -0.3 is 20.6 Å². The van der Waals surface area contributed by atoms with Crippen LogP contribution in [0, 0.1) is 0 Å². The highest BCUT2D eigenvalue weighted by Gasteiger charge is 2.30. The lowest BCUT2D eigenvalue weighted by Crippen LogP contribution is -2.46. The molecule has 1 unspecified atom stereocenters. The molecular weight excluding hydrogens is 250 g/mol. The lowest BCUT2D eigenvalue weighted by Gasteiger charge is -2.18. The molecule has 0 aromatic heterocycles. The van der Waals surface area contributed by atoms with Gasteiger partial charge in [-0.25, -0.2) is 4.79 Å². The smallest absolute Gasteiger partial charge is 0.337 e. The van der Waals surface area contributed by atoms with Crippen molar-refractivity contribution in [3.63, 3.8) is 0 Å². The minimum Gasteiger partial charge on any atom is -0.508 e. The molecule has 19 heavy (non-hydrogen) atoms. The number of phenols is 1. The Bertz CT molecular complexity index is 470. The minimum atomic E-state index is -1.98. The monoisotopic (exact) mass is 267 g/mol. The molecule has 1 atom stereocenters. The third-order valence-corrected chi connectivity index (χ3v) is 2.70. The molecule has 0 saturated heterocycles. The number of nitrogens with one attached hydrogen (secondary N) is 1. The number of phenolic OH excluding ortho intramolecular Hbond substituents is 1. The topological polar surface area (TPSA) is 107 Å². The van der Waals surface area contributed by atoms with E-state index in [4.69, 9.17) is 5.11 Å². The summed E-state index contributed by atoms with van der Waals surface area (Å²) in [5.74, 6) is -1.66. The second-order valence-corrected chi connectivity index (χ2v) is 4.48. The molecular formula is C13H17NO5. The van der Waals surface area contributed by atoms with Gasteiger partial charge in [0.2, 0.25) is 5.91 Å². The Morgan fingerprint density at radius 1 is 1.32 bits per heavy atom. The fraction of sp³-hybridized carbons (Fsp3) is 0.385. The van der Waals surface area contributed by atoms with Gasteiger partial charge in [-0.3, -0.25) is 4.79 Å². The molecule has 0 aliphatic rings. The van der Waals surface area contributed by atoms with Crippen LogP contribution < -0.4 is 5.32 Å². The van der Waals surface area contributed by atoms with Gasteiger partial charge in [0, 0.05) is 6.42 Å². The summed E-state index contributed by atoms with van der Waals surface area (Å²) >= 11 is 0. The first-order valence-electron chi connectivity index (χ1n) is 5.82. The third kappa shape index (κ3) is 4.59. The summed E-state index contributed by atoms with van der Waals surface area (Å²) in [5.41, 5.74) is -1.34. The van der Waals surface area contributed by atoms with Gasteiger partial charge in [0.25, 0.3) is 0 Å². The number of carboxylic acid groups (broad SMARTS) is 1. The van der Waals surface area contributed by atoms with Gasteiger partial charge in [0.05, 0.1) is 6.54 Å². The largest absolute Gasteiger partial charge is 0.508 e. The van der Waals surface area contributed by atoms with Gasteiger partial charge >= 0.3 is 5.97 Å². The molecule has 0 heterocycles. The van der Waals surface area contributed by atoms with Crippen molar-refractivity contribution in [2.75, 3.05) is 6.54 Å². The maximum absolute atomic E-state index is 11.5. The van der Waals surface area contributed by atoms with Crippen molar-refractivity contribution < 1.29 is 24.9 Å². The molecule has 6 heteroatoms. The normalized spacial score (nSPS) is 13.6. The van der Waals surface area contributed by atoms with Crippen molar-refractivity contribution in [3.8, 4) is 5.75 Å². The van der Waals surface area contributed by atoms with Crippen molar-refractivity contribution in [1.82, 2.24) is 5.32 Å². The van der Waals surface area contributed by atoms with Crippen molar-refractivity contribution >= 4 is 11.9 Å². The Morgan fingerprint density at radius 3 is 2.53 bits per heavy atom. The zero-order valence-electron chi connectivity index (χ0n) is 10.6. The molecule has 0 spiro atoms. The molecule has 1 aromatic rings. The summed E-state index contributed by atoms with van der Waals surface area (Å²) in [7, 11) is 0. The van der Waals surface area contributed by atoms with E-state index in [1.165, 1.54) is 6.07 Å². The fourth-order valence-electron chi connectivity index (χ4n) is 1.41. The molecule has 0 saturated carbocycles. The highest BCUT2D eigenvalue weighted by atomic mass is 16.4. The van der Waals surface area contributed by atoms with Crippen molar-refractivity contribution in [1.29, 1.82) is 0 Å². The number of aliphatic hydroxyl groups is 1. The second kappa shape index (κ2) is 6.19. The van der Waals surface area contributed by atoms with Crippen LogP contribution in [0.25, 0.3) is 0 Å². The maximum Gasteiger partial charge on any atom is 0.337 e. The SMILES string of the molecule is CC(O)(CNC(=O)CCc1ccccc1O)C(=O)O. The quantitative estimate of drug-likeness (QED) is 0.592. The molecule has 1 aromatic carbocycles. The van der Waals surface area contributed by atoms with E-state index in [0.717, 1.165) is 6.92 Å². The summed E-state index contributed by atoms with van der Waals surface area (Å²) < 4.78 is 0. The minimum absolute atomic E-state index is 0.104. The van der Waals surface area contributed by atoms with E-state index in [0.29, 0.717) is 12.0 Å². The van der Waals surface area contributed by atoms with Crippen LogP contribution in [0.3, 0.4) is 0 Å². The molecule has 0 fully saturated rings. The van der Waals surface area contributed by atoms with E-state index in [2.05, 4.69) is 5.32 Å². The maximum atomic E-state index is 11.5. The summed E-state index contributed by atoms with van der Waals surface area (Å²) in [6.45, 7) is 0.751. The Kier molecular flexibility index (Phi) is 4.88. The predicted octanol–water partition coefficient (Wildman–Crippen LogP) is 0.277. The summed E-state index contributed by atoms with van der Waals surface area (Å²) in [5, 5.41) is 29.9. The molecule has 0 aliphatic carbocycles. The average Bonchev–Trinajstić information content (AvgIpc) is 2.35. The highest BCUT2D eigenvalue weighted by Crippen LogP contribution is 2.17. The lowest BCUT2D eigenvalue weighted by atomic mass is 10.1. The molecule has 0 aliphatic heterocycles. The number of hydrogen-bond donors (Lipinski definition) is 4. The van der Waals surface area contributed by atoms with Crippen LogP contribution in [0.5, 0.6) is 5.75 Å². The Hall–Kier alpha value is -2.08. The zero-order chi connectivity index (χ0) is 14.5. The van der Waals surface area contributed by atoms with Gasteiger partial charge in [-0.05, 0) is 25.0 Å².